The highest BCUT2D eigenvalue weighted by molar-refractivity contribution is 5.29. The van der Waals surface area contributed by atoms with Crippen molar-refractivity contribution in [2.45, 2.75) is 25.8 Å². The molecule has 0 bridgehead atoms. The maximum Gasteiger partial charge on any atom is 0.126 e. The number of rotatable bonds is 3. The second kappa shape index (κ2) is 5.27. The highest BCUT2D eigenvalue weighted by Crippen LogP contribution is 2.28. The number of hydrogen-bond acceptors (Lipinski definition) is 2. The lowest BCUT2D eigenvalue weighted by atomic mass is 9.89. The van der Waals surface area contributed by atoms with Gasteiger partial charge in [-0.3, -0.25) is 4.98 Å². The van der Waals surface area contributed by atoms with Crippen molar-refractivity contribution in [3.05, 3.63) is 65.2 Å². The van der Waals surface area contributed by atoms with E-state index in [0.717, 1.165) is 11.1 Å². The molecule has 0 saturated carbocycles. The summed E-state index contributed by atoms with van der Waals surface area (Å²) < 4.78 is 13.5. The van der Waals surface area contributed by atoms with Gasteiger partial charge in [-0.15, -0.1) is 0 Å². The Balaban J connectivity index is 2.25. The first-order valence-corrected chi connectivity index (χ1v) is 6.01. The summed E-state index contributed by atoms with van der Waals surface area (Å²) >= 11 is 0. The zero-order valence-corrected chi connectivity index (χ0v) is 10.6. The minimum Gasteiger partial charge on any atom is -0.323 e. The molecule has 0 amide bonds. The first-order chi connectivity index (χ1) is 8.59. The number of hydrogen-bond donors (Lipinski definition) is 1. The van der Waals surface area contributed by atoms with Crippen molar-refractivity contribution in [2.24, 2.45) is 5.73 Å². The molecular formula is C15H17FN2. The number of benzene rings is 1. The number of aromatic nitrogens is 1. The fourth-order valence-electron chi connectivity index (χ4n) is 1.98. The van der Waals surface area contributed by atoms with E-state index in [1.807, 2.05) is 25.1 Å². The van der Waals surface area contributed by atoms with Gasteiger partial charge in [0.25, 0.3) is 0 Å². The van der Waals surface area contributed by atoms with Crippen LogP contribution in [0.1, 0.15) is 35.6 Å². The third-order valence-electron chi connectivity index (χ3n) is 3.35. The van der Waals surface area contributed by atoms with Crippen LogP contribution < -0.4 is 5.73 Å². The Morgan fingerprint density at radius 3 is 2.39 bits per heavy atom. The lowest BCUT2D eigenvalue weighted by molar-refractivity contribution is 0.579. The first kappa shape index (κ1) is 12.7. The van der Waals surface area contributed by atoms with Gasteiger partial charge in [-0.1, -0.05) is 19.1 Å². The van der Waals surface area contributed by atoms with Crippen molar-refractivity contribution in [1.29, 1.82) is 0 Å². The van der Waals surface area contributed by atoms with Gasteiger partial charge in [0.1, 0.15) is 5.82 Å². The van der Waals surface area contributed by atoms with Crippen LogP contribution in [0.25, 0.3) is 0 Å². The van der Waals surface area contributed by atoms with E-state index < -0.39 is 0 Å². The molecule has 18 heavy (non-hydrogen) atoms. The molecule has 0 aliphatic rings. The van der Waals surface area contributed by atoms with Gasteiger partial charge in [0.05, 0.1) is 0 Å². The molecule has 0 spiro atoms. The lowest BCUT2D eigenvalue weighted by Crippen LogP contribution is -2.18. The second-order valence-electron chi connectivity index (χ2n) is 4.60. The average molecular weight is 244 g/mol. The zero-order chi connectivity index (χ0) is 13.1. The molecule has 2 nitrogen and oxygen atoms in total. The molecule has 1 heterocycles. The standard InChI is InChI=1S/C15H17FN2/c1-10-3-4-13(9-14(10)16)15(17)11(2)12-5-7-18-8-6-12/h3-9,11,15H,17H2,1-2H3. The van der Waals surface area contributed by atoms with Crippen molar-refractivity contribution in [1.82, 2.24) is 4.98 Å². The molecule has 2 atom stereocenters. The number of nitrogens with two attached hydrogens (primary N) is 1. The quantitative estimate of drug-likeness (QED) is 0.899. The van der Waals surface area contributed by atoms with Gasteiger partial charge in [-0.25, -0.2) is 4.39 Å². The summed E-state index contributed by atoms with van der Waals surface area (Å²) in [6.45, 7) is 3.79. The molecule has 2 rings (SSSR count). The third-order valence-corrected chi connectivity index (χ3v) is 3.35. The summed E-state index contributed by atoms with van der Waals surface area (Å²) in [6, 6.07) is 8.84. The molecule has 2 unspecified atom stereocenters. The Morgan fingerprint density at radius 1 is 1.11 bits per heavy atom. The van der Waals surface area contributed by atoms with Gasteiger partial charge in [0, 0.05) is 24.4 Å². The summed E-state index contributed by atoms with van der Waals surface area (Å²) in [4.78, 5) is 3.98. The number of halogens is 1. The van der Waals surface area contributed by atoms with E-state index in [-0.39, 0.29) is 17.8 Å². The number of pyridine rings is 1. The fraction of sp³-hybridized carbons (Fsp3) is 0.267. The Bertz CT molecular complexity index is 525. The van der Waals surface area contributed by atoms with E-state index >= 15 is 0 Å². The molecule has 0 aliphatic heterocycles. The van der Waals surface area contributed by atoms with Crippen LogP contribution in [0, 0.1) is 12.7 Å². The van der Waals surface area contributed by atoms with Gasteiger partial charge in [-0.05, 0) is 41.8 Å². The van der Waals surface area contributed by atoms with Gasteiger partial charge in [0.2, 0.25) is 0 Å². The summed E-state index contributed by atoms with van der Waals surface area (Å²) in [6.07, 6.45) is 3.49. The van der Waals surface area contributed by atoms with E-state index in [4.69, 9.17) is 5.73 Å². The van der Waals surface area contributed by atoms with E-state index in [0.29, 0.717) is 5.56 Å². The summed E-state index contributed by atoms with van der Waals surface area (Å²) in [5, 5.41) is 0. The second-order valence-corrected chi connectivity index (χ2v) is 4.60. The van der Waals surface area contributed by atoms with Crippen molar-refractivity contribution >= 4 is 0 Å². The van der Waals surface area contributed by atoms with Crippen LogP contribution in [0.3, 0.4) is 0 Å². The Hall–Kier alpha value is -1.74. The van der Waals surface area contributed by atoms with Gasteiger partial charge in [0.15, 0.2) is 0 Å². The van der Waals surface area contributed by atoms with Crippen LogP contribution in [-0.4, -0.2) is 4.98 Å². The Morgan fingerprint density at radius 2 is 1.78 bits per heavy atom. The fourth-order valence-corrected chi connectivity index (χ4v) is 1.98. The normalized spacial score (nSPS) is 14.2. The molecule has 94 valence electrons. The van der Waals surface area contributed by atoms with Crippen LogP contribution in [0.5, 0.6) is 0 Å². The lowest BCUT2D eigenvalue weighted by Gasteiger charge is -2.21. The summed E-state index contributed by atoms with van der Waals surface area (Å²) in [7, 11) is 0. The number of aryl methyl sites for hydroxylation is 1. The molecule has 0 aliphatic carbocycles. The van der Waals surface area contributed by atoms with Crippen LogP contribution in [0.4, 0.5) is 4.39 Å². The predicted molar refractivity (Wildman–Crippen MR) is 70.7 cm³/mol. The van der Waals surface area contributed by atoms with Crippen LogP contribution >= 0.6 is 0 Å². The average Bonchev–Trinajstić information content (AvgIpc) is 2.41. The van der Waals surface area contributed by atoms with Crippen molar-refractivity contribution < 1.29 is 4.39 Å². The largest absolute Gasteiger partial charge is 0.323 e. The van der Waals surface area contributed by atoms with E-state index in [2.05, 4.69) is 4.98 Å². The van der Waals surface area contributed by atoms with Crippen molar-refractivity contribution in [3.8, 4) is 0 Å². The van der Waals surface area contributed by atoms with Gasteiger partial charge >= 0.3 is 0 Å². The van der Waals surface area contributed by atoms with Gasteiger partial charge in [-0.2, -0.15) is 0 Å². The van der Waals surface area contributed by atoms with Crippen LogP contribution in [-0.2, 0) is 0 Å². The molecule has 2 aromatic rings. The smallest absolute Gasteiger partial charge is 0.126 e. The molecule has 0 saturated heterocycles. The van der Waals surface area contributed by atoms with Crippen molar-refractivity contribution in [3.63, 3.8) is 0 Å². The third kappa shape index (κ3) is 2.57. The number of nitrogens with zero attached hydrogens (tertiary/aromatic N) is 1. The predicted octanol–water partition coefficient (Wildman–Crippen LogP) is 3.33. The molecule has 1 aromatic heterocycles. The molecule has 0 radical (unpaired) electrons. The topological polar surface area (TPSA) is 38.9 Å². The minimum absolute atomic E-state index is 0.120. The SMILES string of the molecule is Cc1ccc(C(N)C(C)c2ccncc2)cc1F. The highest BCUT2D eigenvalue weighted by atomic mass is 19.1. The van der Waals surface area contributed by atoms with Crippen molar-refractivity contribution in [2.75, 3.05) is 0 Å². The maximum atomic E-state index is 13.5. The molecule has 0 fully saturated rings. The highest BCUT2D eigenvalue weighted by Gasteiger charge is 2.17. The van der Waals surface area contributed by atoms with E-state index in [9.17, 15) is 4.39 Å². The van der Waals surface area contributed by atoms with Crippen LogP contribution in [0.2, 0.25) is 0 Å². The Kier molecular flexibility index (Phi) is 3.72. The molecule has 1 aromatic carbocycles. The molecule has 2 N–H and O–H groups in total. The van der Waals surface area contributed by atoms with Crippen LogP contribution in [0.15, 0.2) is 42.7 Å². The Labute approximate surface area is 107 Å². The monoisotopic (exact) mass is 244 g/mol. The van der Waals surface area contributed by atoms with E-state index in [1.165, 1.54) is 6.07 Å². The first-order valence-electron chi connectivity index (χ1n) is 6.01. The molecular weight excluding hydrogens is 227 g/mol. The molecule has 3 heteroatoms. The zero-order valence-electron chi connectivity index (χ0n) is 10.6. The van der Waals surface area contributed by atoms with E-state index in [1.54, 1.807) is 25.4 Å². The maximum absolute atomic E-state index is 13.5. The van der Waals surface area contributed by atoms with Gasteiger partial charge < -0.3 is 5.73 Å². The summed E-state index contributed by atoms with van der Waals surface area (Å²) in [5.41, 5.74) is 8.78. The summed E-state index contributed by atoms with van der Waals surface area (Å²) in [5.74, 6) is -0.0833. The minimum atomic E-state index is -0.220.